The molecule has 2 rings (SSSR count). The van der Waals surface area contributed by atoms with Crippen LogP contribution in [0.5, 0.6) is 5.75 Å². The van der Waals surface area contributed by atoms with Crippen LogP contribution < -0.4 is 4.74 Å². The Morgan fingerprint density at radius 1 is 1.12 bits per heavy atom. The lowest BCUT2D eigenvalue weighted by Crippen LogP contribution is -2.31. The minimum Gasteiger partial charge on any atom is -0.492 e. The van der Waals surface area contributed by atoms with E-state index in [0.717, 1.165) is 16.4 Å². The fourth-order valence-electron chi connectivity index (χ4n) is 1.97. The second kappa shape index (κ2) is 7.63. The highest BCUT2D eigenvalue weighted by molar-refractivity contribution is 7.89. The quantitative estimate of drug-likeness (QED) is 0.743. The number of halogens is 4. The first kappa shape index (κ1) is 19.6. The van der Waals surface area contributed by atoms with Crippen molar-refractivity contribution >= 4 is 21.6 Å². The summed E-state index contributed by atoms with van der Waals surface area (Å²) in [5, 5.41) is -0.274. The predicted octanol–water partition coefficient (Wildman–Crippen LogP) is 4.06. The highest BCUT2D eigenvalue weighted by Crippen LogP contribution is 2.34. The van der Waals surface area contributed by atoms with Crippen molar-refractivity contribution < 1.29 is 26.3 Å². The van der Waals surface area contributed by atoms with Gasteiger partial charge in [0.25, 0.3) is 0 Å². The highest BCUT2D eigenvalue weighted by Gasteiger charge is 2.33. The number of hydrogen-bond acceptors (Lipinski definition) is 3. The third-order valence-electron chi connectivity index (χ3n) is 3.36. The third kappa shape index (κ3) is 4.87. The maximum Gasteiger partial charge on any atom is 0.416 e. The van der Waals surface area contributed by atoms with Crippen LogP contribution >= 0.6 is 11.6 Å². The van der Waals surface area contributed by atoms with Gasteiger partial charge in [-0.05, 0) is 30.3 Å². The molecule has 2 aromatic carbocycles. The van der Waals surface area contributed by atoms with Gasteiger partial charge in [-0.1, -0.05) is 29.8 Å². The Hall–Kier alpha value is -1.77. The lowest BCUT2D eigenvalue weighted by atomic mass is 10.2. The maximum atomic E-state index is 12.8. The van der Waals surface area contributed by atoms with E-state index in [1.807, 2.05) is 0 Å². The number of benzene rings is 2. The Bertz CT molecular complexity index is 826. The van der Waals surface area contributed by atoms with Gasteiger partial charge >= 0.3 is 6.18 Å². The average Bonchev–Trinajstić information content (AvgIpc) is 2.54. The molecule has 0 amide bonds. The molecule has 4 nitrogen and oxygen atoms in total. The van der Waals surface area contributed by atoms with Crippen molar-refractivity contribution in [3.8, 4) is 5.75 Å². The summed E-state index contributed by atoms with van der Waals surface area (Å²) in [5.41, 5.74) is -1.08. The van der Waals surface area contributed by atoms with Gasteiger partial charge in [0, 0.05) is 13.6 Å². The summed E-state index contributed by atoms with van der Waals surface area (Å²) < 4.78 is 69.7. The van der Waals surface area contributed by atoms with Crippen LogP contribution in [0.15, 0.2) is 53.4 Å². The molecule has 0 N–H and O–H groups in total. The molecule has 136 valence electrons. The van der Waals surface area contributed by atoms with Crippen LogP contribution in [0.4, 0.5) is 13.2 Å². The van der Waals surface area contributed by atoms with Crippen LogP contribution in [-0.4, -0.2) is 32.9 Å². The lowest BCUT2D eigenvalue weighted by molar-refractivity contribution is -0.137. The maximum absolute atomic E-state index is 12.8. The van der Waals surface area contributed by atoms with Gasteiger partial charge < -0.3 is 4.74 Å². The zero-order valence-corrected chi connectivity index (χ0v) is 14.7. The topological polar surface area (TPSA) is 46.6 Å². The third-order valence-corrected chi connectivity index (χ3v) is 5.70. The summed E-state index contributed by atoms with van der Waals surface area (Å²) in [6.07, 6.45) is -4.66. The van der Waals surface area contributed by atoms with Gasteiger partial charge in [-0.3, -0.25) is 0 Å². The Kier molecular flexibility index (Phi) is 5.97. The monoisotopic (exact) mass is 393 g/mol. The molecule has 0 radical (unpaired) electrons. The molecule has 0 heterocycles. The van der Waals surface area contributed by atoms with Crippen molar-refractivity contribution in [2.45, 2.75) is 11.1 Å². The van der Waals surface area contributed by atoms with E-state index in [2.05, 4.69) is 0 Å². The molecular formula is C16H15ClF3NO3S. The van der Waals surface area contributed by atoms with E-state index in [1.165, 1.54) is 7.05 Å². The molecule has 0 unspecified atom stereocenters. The lowest BCUT2D eigenvalue weighted by Gasteiger charge is -2.19. The molecule has 9 heteroatoms. The molecule has 0 aliphatic heterocycles. The van der Waals surface area contributed by atoms with Crippen molar-refractivity contribution in [3.63, 3.8) is 0 Å². The molecule has 0 saturated carbocycles. The van der Waals surface area contributed by atoms with Gasteiger partial charge in [0.15, 0.2) is 0 Å². The molecular weight excluding hydrogens is 379 g/mol. The number of hydrogen-bond donors (Lipinski definition) is 0. The fraction of sp³-hybridized carbons (Fsp3) is 0.250. The van der Waals surface area contributed by atoms with E-state index in [0.29, 0.717) is 11.8 Å². The van der Waals surface area contributed by atoms with Gasteiger partial charge in [0.05, 0.1) is 10.6 Å². The molecule has 0 aliphatic rings. The molecule has 0 aliphatic carbocycles. The van der Waals surface area contributed by atoms with Crippen molar-refractivity contribution in [2.24, 2.45) is 0 Å². The summed E-state index contributed by atoms with van der Waals surface area (Å²) >= 11 is 5.80. The Morgan fingerprint density at radius 3 is 2.36 bits per heavy atom. The Labute approximate surface area is 148 Å². The second-order valence-electron chi connectivity index (χ2n) is 5.13. The first-order chi connectivity index (χ1) is 11.6. The first-order valence-corrected chi connectivity index (χ1v) is 8.95. The molecule has 0 atom stereocenters. The number of sulfonamides is 1. The van der Waals surface area contributed by atoms with Gasteiger partial charge in [0.2, 0.25) is 10.0 Å². The van der Waals surface area contributed by atoms with Crippen LogP contribution in [0.3, 0.4) is 0 Å². The van der Waals surface area contributed by atoms with E-state index in [4.69, 9.17) is 16.3 Å². The smallest absolute Gasteiger partial charge is 0.416 e. The summed E-state index contributed by atoms with van der Waals surface area (Å²) in [4.78, 5) is -0.591. The SMILES string of the molecule is CN(CCOc1ccccc1)S(=O)(=O)c1cc(C(F)(F)F)ccc1Cl. The van der Waals surface area contributed by atoms with Crippen molar-refractivity contribution in [1.29, 1.82) is 0 Å². The molecule has 0 bridgehead atoms. The zero-order chi connectivity index (χ0) is 18.7. The first-order valence-electron chi connectivity index (χ1n) is 7.13. The van der Waals surface area contributed by atoms with E-state index < -0.39 is 26.7 Å². The van der Waals surface area contributed by atoms with Crippen LogP contribution in [0, 0.1) is 0 Å². The Morgan fingerprint density at radius 2 is 1.76 bits per heavy atom. The number of ether oxygens (including phenoxy) is 1. The van der Waals surface area contributed by atoms with Crippen LogP contribution in [0.25, 0.3) is 0 Å². The minimum atomic E-state index is -4.66. The molecule has 0 spiro atoms. The normalized spacial score (nSPS) is 12.4. The zero-order valence-electron chi connectivity index (χ0n) is 13.1. The predicted molar refractivity (Wildman–Crippen MR) is 88.2 cm³/mol. The van der Waals surface area contributed by atoms with Crippen molar-refractivity contribution in [1.82, 2.24) is 4.31 Å². The number of alkyl halides is 3. The molecule has 0 saturated heterocycles. The van der Waals surface area contributed by atoms with Crippen LogP contribution in [-0.2, 0) is 16.2 Å². The molecule has 2 aromatic rings. The van der Waals surface area contributed by atoms with E-state index >= 15 is 0 Å². The number of rotatable bonds is 6. The van der Waals surface area contributed by atoms with Crippen molar-refractivity contribution in [2.75, 3.05) is 20.2 Å². The van der Waals surface area contributed by atoms with Crippen molar-refractivity contribution in [3.05, 3.63) is 59.1 Å². The van der Waals surface area contributed by atoms with Gasteiger partial charge in [-0.2, -0.15) is 17.5 Å². The summed E-state index contributed by atoms with van der Waals surface area (Å²) in [6, 6.07) is 10.9. The van der Waals surface area contributed by atoms with E-state index in [1.54, 1.807) is 30.3 Å². The molecule has 0 fully saturated rings. The minimum absolute atomic E-state index is 0.0380. The summed E-state index contributed by atoms with van der Waals surface area (Å²) in [7, 11) is -2.94. The molecule has 0 aromatic heterocycles. The average molecular weight is 394 g/mol. The van der Waals surface area contributed by atoms with Gasteiger partial charge in [-0.15, -0.1) is 0 Å². The van der Waals surface area contributed by atoms with E-state index in [9.17, 15) is 21.6 Å². The summed E-state index contributed by atoms with van der Waals surface area (Å²) in [6.45, 7) is -0.0138. The van der Waals surface area contributed by atoms with Gasteiger partial charge in [0.1, 0.15) is 17.3 Å². The number of likely N-dealkylation sites (N-methyl/N-ethyl adjacent to an activating group) is 1. The highest BCUT2D eigenvalue weighted by atomic mass is 35.5. The standard InChI is InChI=1S/C16H15ClF3NO3S/c1-21(9-10-24-13-5-3-2-4-6-13)25(22,23)15-11-12(16(18,19)20)7-8-14(15)17/h2-8,11H,9-10H2,1H3. The second-order valence-corrected chi connectivity index (χ2v) is 7.55. The Balaban J connectivity index is 2.14. The summed E-state index contributed by atoms with van der Waals surface area (Å²) in [5.74, 6) is 0.561. The van der Waals surface area contributed by atoms with E-state index in [-0.39, 0.29) is 18.2 Å². The fourth-order valence-corrected chi connectivity index (χ4v) is 3.63. The van der Waals surface area contributed by atoms with Crippen LogP contribution in [0.2, 0.25) is 5.02 Å². The van der Waals surface area contributed by atoms with Gasteiger partial charge in [-0.25, -0.2) is 8.42 Å². The largest absolute Gasteiger partial charge is 0.492 e. The number of nitrogens with zero attached hydrogens (tertiary/aromatic N) is 1. The molecule has 25 heavy (non-hydrogen) atoms. The number of para-hydroxylation sites is 1. The van der Waals surface area contributed by atoms with Crippen LogP contribution in [0.1, 0.15) is 5.56 Å².